The zero-order valence-electron chi connectivity index (χ0n) is 8.26. The molecule has 3 heteroatoms. The second-order valence-corrected chi connectivity index (χ2v) is 3.22. The van der Waals surface area contributed by atoms with Gasteiger partial charge in [-0.05, 0) is 19.1 Å². The van der Waals surface area contributed by atoms with Gasteiger partial charge in [-0.25, -0.2) is 0 Å². The number of hydrogen-bond acceptors (Lipinski definition) is 2. The Labute approximate surface area is 78.1 Å². The van der Waals surface area contributed by atoms with Gasteiger partial charge in [0.2, 0.25) is 0 Å². The fraction of sp³-hybridized carbons (Fsp3) is 0.500. The Bertz CT molecular complexity index is 289. The number of rotatable bonds is 3. The summed E-state index contributed by atoms with van der Waals surface area (Å²) in [6.07, 6.45) is 0. The monoisotopic (exact) mass is 181 g/mol. The van der Waals surface area contributed by atoms with Crippen molar-refractivity contribution in [2.45, 2.75) is 26.7 Å². The summed E-state index contributed by atoms with van der Waals surface area (Å²) in [6.45, 7) is 6.56. The number of furan rings is 1. The van der Waals surface area contributed by atoms with Crippen molar-refractivity contribution in [1.82, 2.24) is 5.32 Å². The predicted octanol–water partition coefficient (Wildman–Crippen LogP) is 2.15. The number of carbonyl (C=O) groups excluding carboxylic acids is 1. The van der Waals surface area contributed by atoms with E-state index in [1.165, 1.54) is 0 Å². The minimum Gasteiger partial charge on any atom is -0.456 e. The van der Waals surface area contributed by atoms with Crippen LogP contribution in [0.4, 0.5) is 0 Å². The van der Waals surface area contributed by atoms with Crippen LogP contribution in [-0.4, -0.2) is 12.5 Å². The van der Waals surface area contributed by atoms with E-state index in [0.29, 0.717) is 18.2 Å². The van der Waals surface area contributed by atoms with Gasteiger partial charge < -0.3 is 9.73 Å². The van der Waals surface area contributed by atoms with Gasteiger partial charge in [-0.15, -0.1) is 0 Å². The first-order chi connectivity index (χ1) is 6.15. The first kappa shape index (κ1) is 9.84. The number of nitrogens with one attached hydrogen (secondary N) is 1. The standard InChI is InChI=1S/C10H15NO2/c1-4-11-10(12)9-6-5-8(13-9)7(2)3/h5-7H,4H2,1-3H3,(H,11,12). The van der Waals surface area contributed by atoms with Crippen molar-refractivity contribution in [3.63, 3.8) is 0 Å². The maximum absolute atomic E-state index is 11.3. The summed E-state index contributed by atoms with van der Waals surface area (Å²) in [4.78, 5) is 11.3. The van der Waals surface area contributed by atoms with Crippen LogP contribution >= 0.6 is 0 Å². The molecule has 0 saturated heterocycles. The Morgan fingerprint density at radius 2 is 2.23 bits per heavy atom. The van der Waals surface area contributed by atoms with Gasteiger partial charge in [-0.1, -0.05) is 13.8 Å². The van der Waals surface area contributed by atoms with Crippen LogP contribution in [0.3, 0.4) is 0 Å². The topological polar surface area (TPSA) is 42.2 Å². The molecule has 0 spiro atoms. The molecule has 0 aliphatic carbocycles. The van der Waals surface area contributed by atoms with Crippen LogP contribution in [0.15, 0.2) is 16.5 Å². The van der Waals surface area contributed by atoms with Crippen LogP contribution in [0.2, 0.25) is 0 Å². The third-order valence-corrected chi connectivity index (χ3v) is 1.76. The highest BCUT2D eigenvalue weighted by Crippen LogP contribution is 2.17. The van der Waals surface area contributed by atoms with Crippen molar-refractivity contribution < 1.29 is 9.21 Å². The highest BCUT2D eigenvalue weighted by Gasteiger charge is 2.11. The zero-order chi connectivity index (χ0) is 9.84. The van der Waals surface area contributed by atoms with Gasteiger partial charge in [0.1, 0.15) is 5.76 Å². The summed E-state index contributed by atoms with van der Waals surface area (Å²) in [7, 11) is 0. The molecule has 0 aliphatic rings. The van der Waals surface area contributed by atoms with Crippen LogP contribution in [0, 0.1) is 0 Å². The lowest BCUT2D eigenvalue weighted by Crippen LogP contribution is -2.21. The number of hydrogen-bond donors (Lipinski definition) is 1. The molecule has 0 unspecified atom stereocenters. The second-order valence-electron chi connectivity index (χ2n) is 3.22. The summed E-state index contributed by atoms with van der Waals surface area (Å²) >= 11 is 0. The first-order valence-corrected chi connectivity index (χ1v) is 4.53. The van der Waals surface area contributed by atoms with Gasteiger partial charge in [0.15, 0.2) is 5.76 Å². The largest absolute Gasteiger partial charge is 0.456 e. The fourth-order valence-electron chi connectivity index (χ4n) is 1.03. The van der Waals surface area contributed by atoms with Gasteiger partial charge in [0, 0.05) is 12.5 Å². The normalized spacial score (nSPS) is 10.5. The Morgan fingerprint density at radius 3 is 2.69 bits per heavy atom. The van der Waals surface area contributed by atoms with E-state index in [2.05, 4.69) is 5.32 Å². The molecule has 0 fully saturated rings. The summed E-state index contributed by atoms with van der Waals surface area (Å²) < 4.78 is 5.35. The van der Waals surface area contributed by atoms with Crippen molar-refractivity contribution in [1.29, 1.82) is 0 Å². The van der Waals surface area contributed by atoms with Gasteiger partial charge in [0.25, 0.3) is 5.91 Å². The van der Waals surface area contributed by atoms with E-state index in [-0.39, 0.29) is 5.91 Å². The van der Waals surface area contributed by atoms with Crippen molar-refractivity contribution in [3.05, 3.63) is 23.7 Å². The van der Waals surface area contributed by atoms with E-state index < -0.39 is 0 Å². The predicted molar refractivity (Wildman–Crippen MR) is 50.8 cm³/mol. The molecule has 1 aromatic heterocycles. The molecule has 0 bridgehead atoms. The van der Waals surface area contributed by atoms with E-state index in [9.17, 15) is 4.79 Å². The Hall–Kier alpha value is -1.25. The minimum absolute atomic E-state index is 0.144. The van der Waals surface area contributed by atoms with Gasteiger partial charge in [-0.2, -0.15) is 0 Å². The highest BCUT2D eigenvalue weighted by atomic mass is 16.4. The summed E-state index contributed by atoms with van der Waals surface area (Å²) in [5.41, 5.74) is 0. The molecule has 13 heavy (non-hydrogen) atoms. The summed E-state index contributed by atoms with van der Waals surface area (Å²) in [5.74, 6) is 1.42. The molecular weight excluding hydrogens is 166 g/mol. The molecule has 3 nitrogen and oxygen atoms in total. The molecule has 1 aromatic rings. The van der Waals surface area contributed by atoms with E-state index in [1.54, 1.807) is 6.07 Å². The smallest absolute Gasteiger partial charge is 0.286 e. The molecule has 0 saturated carbocycles. The van der Waals surface area contributed by atoms with Gasteiger partial charge in [0.05, 0.1) is 0 Å². The van der Waals surface area contributed by atoms with E-state index in [4.69, 9.17) is 4.42 Å². The zero-order valence-corrected chi connectivity index (χ0v) is 8.26. The molecule has 1 N–H and O–H groups in total. The van der Waals surface area contributed by atoms with E-state index in [0.717, 1.165) is 5.76 Å². The van der Waals surface area contributed by atoms with Crippen molar-refractivity contribution in [2.75, 3.05) is 6.54 Å². The Kier molecular flexibility index (Phi) is 3.12. The maximum atomic E-state index is 11.3. The van der Waals surface area contributed by atoms with Crippen LogP contribution in [0.25, 0.3) is 0 Å². The molecule has 0 radical (unpaired) electrons. The van der Waals surface area contributed by atoms with Crippen LogP contribution in [0.1, 0.15) is 43.0 Å². The molecule has 72 valence electrons. The quantitative estimate of drug-likeness (QED) is 0.776. The Morgan fingerprint density at radius 1 is 1.54 bits per heavy atom. The van der Waals surface area contributed by atoms with Gasteiger partial charge in [-0.3, -0.25) is 4.79 Å². The first-order valence-electron chi connectivity index (χ1n) is 4.53. The maximum Gasteiger partial charge on any atom is 0.286 e. The average Bonchev–Trinajstić information content (AvgIpc) is 2.52. The minimum atomic E-state index is -0.144. The molecular formula is C10H15NO2. The SMILES string of the molecule is CCNC(=O)c1ccc(C(C)C)o1. The van der Waals surface area contributed by atoms with Gasteiger partial charge >= 0.3 is 0 Å². The lowest BCUT2D eigenvalue weighted by molar-refractivity contribution is 0.0926. The lowest BCUT2D eigenvalue weighted by atomic mass is 10.2. The number of carbonyl (C=O) groups is 1. The van der Waals surface area contributed by atoms with Crippen LogP contribution < -0.4 is 5.32 Å². The van der Waals surface area contributed by atoms with Crippen LogP contribution in [-0.2, 0) is 0 Å². The fourth-order valence-corrected chi connectivity index (χ4v) is 1.03. The van der Waals surface area contributed by atoms with Crippen molar-refractivity contribution in [3.8, 4) is 0 Å². The molecule has 0 aromatic carbocycles. The van der Waals surface area contributed by atoms with Crippen molar-refractivity contribution >= 4 is 5.91 Å². The molecule has 0 aliphatic heterocycles. The van der Waals surface area contributed by atoms with Crippen LogP contribution in [0.5, 0.6) is 0 Å². The highest BCUT2D eigenvalue weighted by molar-refractivity contribution is 5.91. The molecule has 1 heterocycles. The lowest BCUT2D eigenvalue weighted by Gasteiger charge is -1.99. The van der Waals surface area contributed by atoms with E-state index in [1.807, 2.05) is 26.8 Å². The molecule has 1 amide bonds. The summed E-state index contributed by atoms with van der Waals surface area (Å²) in [5, 5.41) is 2.68. The summed E-state index contributed by atoms with van der Waals surface area (Å²) in [6, 6.07) is 3.55. The number of amides is 1. The van der Waals surface area contributed by atoms with Crippen molar-refractivity contribution in [2.24, 2.45) is 0 Å². The van der Waals surface area contributed by atoms with E-state index >= 15 is 0 Å². The second kappa shape index (κ2) is 4.12. The Balaban J connectivity index is 2.73. The average molecular weight is 181 g/mol. The third-order valence-electron chi connectivity index (χ3n) is 1.76. The molecule has 1 rings (SSSR count). The molecule has 0 atom stereocenters. The third kappa shape index (κ3) is 2.34.